The van der Waals surface area contributed by atoms with Crippen LogP contribution in [-0.2, 0) is 16.1 Å². The molecule has 0 bridgehead atoms. The molecule has 2 aromatic rings. The zero-order valence-electron chi connectivity index (χ0n) is 16.6. The van der Waals surface area contributed by atoms with E-state index in [1.165, 1.54) is 25.2 Å². The van der Waals surface area contributed by atoms with Crippen molar-refractivity contribution in [3.8, 4) is 17.2 Å². The summed E-state index contributed by atoms with van der Waals surface area (Å²) in [6, 6.07) is 12.3. The zero-order chi connectivity index (χ0) is 20.5. The Morgan fingerprint density at radius 1 is 0.964 bits per heavy atom. The van der Waals surface area contributed by atoms with Gasteiger partial charge in [0.25, 0.3) is 5.91 Å². The molecule has 28 heavy (non-hydrogen) atoms. The summed E-state index contributed by atoms with van der Waals surface area (Å²) >= 11 is 0. The number of amides is 1. The van der Waals surface area contributed by atoms with E-state index in [0.29, 0.717) is 24.7 Å². The molecule has 0 spiro atoms. The second kappa shape index (κ2) is 10.2. The normalized spacial score (nSPS) is 10.1. The third kappa shape index (κ3) is 5.64. The maximum absolute atomic E-state index is 12.3. The fraction of sp³-hybridized carbons (Fsp3) is 0.333. The number of hydrogen-bond donors (Lipinski definition) is 0. The van der Waals surface area contributed by atoms with Gasteiger partial charge in [-0.05, 0) is 42.8 Å². The van der Waals surface area contributed by atoms with Crippen molar-refractivity contribution in [1.82, 2.24) is 4.90 Å². The van der Waals surface area contributed by atoms with E-state index in [2.05, 4.69) is 0 Å². The molecule has 1 amide bonds. The lowest BCUT2D eigenvalue weighted by atomic mass is 10.2. The van der Waals surface area contributed by atoms with Crippen LogP contribution in [0.25, 0.3) is 0 Å². The third-order valence-electron chi connectivity index (χ3n) is 4.03. The standard InChI is InChI=1S/C21H25NO6/c1-5-27-16-8-6-15(7-9-16)13-22(2)20(23)14-28-21(24)18-12-17(25-3)10-11-19(18)26-4/h6-12H,5,13-14H2,1-4H3. The number of benzene rings is 2. The van der Waals surface area contributed by atoms with Crippen LogP contribution in [0.2, 0.25) is 0 Å². The van der Waals surface area contributed by atoms with Crippen LogP contribution < -0.4 is 14.2 Å². The highest BCUT2D eigenvalue weighted by Gasteiger charge is 2.18. The Balaban J connectivity index is 1.92. The third-order valence-corrected chi connectivity index (χ3v) is 4.03. The van der Waals surface area contributed by atoms with Crippen molar-refractivity contribution in [3.63, 3.8) is 0 Å². The van der Waals surface area contributed by atoms with Crippen molar-refractivity contribution in [1.29, 1.82) is 0 Å². The van der Waals surface area contributed by atoms with Crippen molar-refractivity contribution in [2.24, 2.45) is 0 Å². The maximum atomic E-state index is 12.3. The maximum Gasteiger partial charge on any atom is 0.342 e. The molecule has 7 nitrogen and oxygen atoms in total. The predicted octanol–water partition coefficient (Wildman–Crippen LogP) is 2.92. The van der Waals surface area contributed by atoms with E-state index >= 15 is 0 Å². The SMILES string of the molecule is CCOc1ccc(CN(C)C(=O)COC(=O)c2cc(OC)ccc2OC)cc1. The van der Waals surface area contributed by atoms with Gasteiger partial charge in [0, 0.05) is 13.6 Å². The monoisotopic (exact) mass is 387 g/mol. The molecule has 0 fully saturated rings. The summed E-state index contributed by atoms with van der Waals surface area (Å²) in [6.45, 7) is 2.54. The Hall–Kier alpha value is -3.22. The predicted molar refractivity (Wildman–Crippen MR) is 104 cm³/mol. The number of likely N-dealkylation sites (N-methyl/N-ethyl adjacent to an activating group) is 1. The molecule has 0 saturated heterocycles. The van der Waals surface area contributed by atoms with Gasteiger partial charge in [-0.1, -0.05) is 12.1 Å². The van der Waals surface area contributed by atoms with E-state index in [1.54, 1.807) is 19.2 Å². The van der Waals surface area contributed by atoms with Gasteiger partial charge in [0.1, 0.15) is 22.8 Å². The number of nitrogens with zero attached hydrogens (tertiary/aromatic N) is 1. The summed E-state index contributed by atoms with van der Waals surface area (Å²) in [5.74, 6) is 0.650. The number of methoxy groups -OCH3 is 2. The number of rotatable bonds is 9. The fourth-order valence-corrected chi connectivity index (χ4v) is 2.51. The van der Waals surface area contributed by atoms with Gasteiger partial charge >= 0.3 is 5.97 Å². The second-order valence-corrected chi connectivity index (χ2v) is 5.97. The molecule has 0 aliphatic rings. The van der Waals surface area contributed by atoms with E-state index in [0.717, 1.165) is 11.3 Å². The van der Waals surface area contributed by atoms with Crippen molar-refractivity contribution >= 4 is 11.9 Å². The average molecular weight is 387 g/mol. The molecule has 0 aromatic heterocycles. The Labute approximate surface area is 164 Å². The summed E-state index contributed by atoms with van der Waals surface area (Å²) in [5, 5.41) is 0. The molecule has 0 aliphatic heterocycles. The average Bonchev–Trinajstić information content (AvgIpc) is 2.72. The quantitative estimate of drug-likeness (QED) is 0.616. The molecule has 0 radical (unpaired) electrons. The van der Waals surface area contributed by atoms with Gasteiger partial charge in [-0.2, -0.15) is 0 Å². The number of esters is 1. The van der Waals surface area contributed by atoms with Gasteiger partial charge in [0.15, 0.2) is 6.61 Å². The molecule has 0 heterocycles. The molecule has 2 aromatic carbocycles. The smallest absolute Gasteiger partial charge is 0.342 e. The van der Waals surface area contributed by atoms with Crippen LogP contribution in [0, 0.1) is 0 Å². The van der Waals surface area contributed by atoms with Crippen LogP contribution in [0.4, 0.5) is 0 Å². The molecule has 0 unspecified atom stereocenters. The second-order valence-electron chi connectivity index (χ2n) is 5.97. The van der Waals surface area contributed by atoms with E-state index < -0.39 is 5.97 Å². The number of hydrogen-bond acceptors (Lipinski definition) is 6. The van der Waals surface area contributed by atoms with Crippen molar-refractivity contribution in [2.45, 2.75) is 13.5 Å². The highest BCUT2D eigenvalue weighted by molar-refractivity contribution is 5.94. The van der Waals surface area contributed by atoms with Gasteiger partial charge in [0.05, 0.1) is 20.8 Å². The van der Waals surface area contributed by atoms with Crippen molar-refractivity contribution < 1.29 is 28.5 Å². The number of ether oxygens (including phenoxy) is 4. The Morgan fingerprint density at radius 3 is 2.25 bits per heavy atom. The number of carbonyl (C=O) groups excluding carboxylic acids is 2. The minimum absolute atomic E-state index is 0.198. The van der Waals surface area contributed by atoms with E-state index in [-0.39, 0.29) is 18.1 Å². The van der Waals surface area contributed by atoms with E-state index in [9.17, 15) is 9.59 Å². The van der Waals surface area contributed by atoms with Crippen LogP contribution in [0.3, 0.4) is 0 Å². The lowest BCUT2D eigenvalue weighted by Crippen LogP contribution is -2.30. The lowest BCUT2D eigenvalue weighted by Gasteiger charge is -2.18. The largest absolute Gasteiger partial charge is 0.497 e. The number of carbonyl (C=O) groups is 2. The first kappa shape index (κ1) is 21.1. The van der Waals surface area contributed by atoms with Gasteiger partial charge in [-0.15, -0.1) is 0 Å². The summed E-state index contributed by atoms with van der Waals surface area (Å²) in [7, 11) is 4.60. The minimum Gasteiger partial charge on any atom is -0.497 e. The van der Waals surface area contributed by atoms with Crippen molar-refractivity contribution in [2.75, 3.05) is 34.5 Å². The first-order valence-electron chi connectivity index (χ1n) is 8.83. The molecule has 7 heteroatoms. The molecule has 0 saturated carbocycles. The van der Waals surface area contributed by atoms with Gasteiger partial charge in [0.2, 0.25) is 0 Å². The van der Waals surface area contributed by atoms with E-state index in [4.69, 9.17) is 18.9 Å². The van der Waals surface area contributed by atoms with Crippen LogP contribution in [-0.4, -0.2) is 51.3 Å². The topological polar surface area (TPSA) is 74.3 Å². The molecule has 0 atom stereocenters. The first-order valence-corrected chi connectivity index (χ1v) is 8.83. The van der Waals surface area contributed by atoms with Gasteiger partial charge < -0.3 is 23.8 Å². The van der Waals surface area contributed by atoms with Crippen LogP contribution in [0.15, 0.2) is 42.5 Å². The first-order chi connectivity index (χ1) is 13.5. The van der Waals surface area contributed by atoms with Crippen LogP contribution >= 0.6 is 0 Å². The molecular formula is C21H25NO6. The van der Waals surface area contributed by atoms with Crippen LogP contribution in [0.5, 0.6) is 17.2 Å². The Kier molecular flexibility index (Phi) is 7.68. The molecule has 2 rings (SSSR count). The Bertz CT molecular complexity index is 803. The molecule has 0 N–H and O–H groups in total. The summed E-state index contributed by atoms with van der Waals surface area (Å²) in [6.07, 6.45) is 0. The van der Waals surface area contributed by atoms with Gasteiger partial charge in [-0.3, -0.25) is 4.79 Å². The van der Waals surface area contributed by atoms with Crippen molar-refractivity contribution in [3.05, 3.63) is 53.6 Å². The highest BCUT2D eigenvalue weighted by atomic mass is 16.5. The summed E-state index contributed by atoms with van der Waals surface area (Å²) < 4.78 is 20.8. The van der Waals surface area contributed by atoms with Crippen LogP contribution in [0.1, 0.15) is 22.8 Å². The van der Waals surface area contributed by atoms with Gasteiger partial charge in [-0.25, -0.2) is 4.79 Å². The molecular weight excluding hydrogens is 362 g/mol. The van der Waals surface area contributed by atoms with E-state index in [1.807, 2.05) is 31.2 Å². The summed E-state index contributed by atoms with van der Waals surface area (Å²) in [5.41, 5.74) is 1.14. The minimum atomic E-state index is -0.654. The Morgan fingerprint density at radius 2 is 1.64 bits per heavy atom. The fourth-order valence-electron chi connectivity index (χ4n) is 2.51. The molecule has 150 valence electrons. The lowest BCUT2D eigenvalue weighted by molar-refractivity contribution is -0.133. The zero-order valence-corrected chi connectivity index (χ0v) is 16.6. The highest BCUT2D eigenvalue weighted by Crippen LogP contribution is 2.24. The summed E-state index contributed by atoms with van der Waals surface area (Å²) in [4.78, 5) is 26.1. The molecule has 0 aliphatic carbocycles.